The Morgan fingerprint density at radius 3 is 1.71 bits per heavy atom. The van der Waals surface area contributed by atoms with Gasteiger partial charge in [0, 0.05) is 29.8 Å². The molecule has 0 saturated heterocycles. The van der Waals surface area contributed by atoms with E-state index in [0.717, 1.165) is 33.8 Å². The molecule has 0 bridgehead atoms. The molecular weight excluding hydrogens is 418 g/mol. The fraction of sp³-hybridized carbons (Fsp3) is 0.355. The summed E-state index contributed by atoms with van der Waals surface area (Å²) in [6.07, 6.45) is 12.1. The predicted octanol–water partition coefficient (Wildman–Crippen LogP) is 8.05. The summed E-state index contributed by atoms with van der Waals surface area (Å²) < 4.78 is 8.23. The lowest BCUT2D eigenvalue weighted by Crippen LogP contribution is -2.25. The lowest BCUT2D eigenvalue weighted by atomic mass is 9.88. The monoisotopic (exact) mass is 459 g/mol. The highest BCUT2D eigenvalue weighted by Gasteiger charge is 2.33. The first kappa shape index (κ1) is 27.0. The molecule has 0 fully saturated rings. The van der Waals surface area contributed by atoms with Crippen molar-refractivity contribution in [3.63, 3.8) is 0 Å². The number of benzene rings is 1. The average molecular weight is 460 g/mol. The average Bonchev–Trinajstić information content (AvgIpc) is 2.78. The van der Waals surface area contributed by atoms with Crippen LogP contribution < -0.4 is 4.57 Å². The van der Waals surface area contributed by atoms with E-state index in [2.05, 4.69) is 65.8 Å². The van der Waals surface area contributed by atoms with Crippen molar-refractivity contribution in [3.05, 3.63) is 88.6 Å². The standard InChI is InChI=1S/C29H34NO2.C2H6/c1-28(2,3)26-19-23(20-27(32-26)29(4,5)6)9-8-22-11-13-25(31)24(18-22)12-10-21-14-16-30(7)17-15-21;1-2/h8-20H,1-7H3;1-2H3/q+1;/p+1/b9-8+;. The van der Waals surface area contributed by atoms with Gasteiger partial charge in [0.2, 0.25) is 0 Å². The van der Waals surface area contributed by atoms with Crippen molar-refractivity contribution in [1.29, 1.82) is 0 Å². The van der Waals surface area contributed by atoms with Crippen LogP contribution in [0.2, 0.25) is 0 Å². The second-order valence-electron chi connectivity index (χ2n) is 10.4. The molecule has 3 aromatic rings. The molecule has 180 valence electrons. The summed E-state index contributed by atoms with van der Waals surface area (Å²) in [5, 5.41) is 10.3. The minimum Gasteiger partial charge on any atom is -0.507 e. The third-order valence-electron chi connectivity index (χ3n) is 5.27. The highest BCUT2D eigenvalue weighted by atomic mass is 16.3. The number of hydrogen-bond acceptors (Lipinski definition) is 1. The van der Waals surface area contributed by atoms with E-state index in [9.17, 15) is 5.11 Å². The summed E-state index contributed by atoms with van der Waals surface area (Å²) in [5.74, 6) is 2.20. The predicted molar refractivity (Wildman–Crippen MR) is 145 cm³/mol. The van der Waals surface area contributed by atoms with Gasteiger partial charge in [0.25, 0.3) is 0 Å². The Morgan fingerprint density at radius 2 is 1.18 bits per heavy atom. The van der Waals surface area contributed by atoms with Crippen LogP contribution in [0.25, 0.3) is 24.3 Å². The maximum atomic E-state index is 10.3. The number of phenolic OH excluding ortho intramolecular Hbond substituents is 1. The molecule has 0 saturated carbocycles. The Morgan fingerprint density at radius 1 is 0.676 bits per heavy atom. The number of nitrogens with zero attached hydrogens (tertiary/aromatic N) is 1. The maximum absolute atomic E-state index is 10.3. The van der Waals surface area contributed by atoms with Crippen molar-refractivity contribution in [2.75, 3.05) is 0 Å². The zero-order chi connectivity index (χ0) is 25.5. The first-order valence-electron chi connectivity index (χ1n) is 12.1. The fourth-order valence-corrected chi connectivity index (χ4v) is 3.17. The first-order valence-corrected chi connectivity index (χ1v) is 12.1. The number of aromatic hydroxyl groups is 1. The van der Waals surface area contributed by atoms with Crippen LogP contribution in [0.3, 0.4) is 0 Å². The molecule has 3 heteroatoms. The summed E-state index contributed by atoms with van der Waals surface area (Å²) in [7, 11) is 1.99. The summed E-state index contributed by atoms with van der Waals surface area (Å²) in [6.45, 7) is 17.0. The first-order chi connectivity index (χ1) is 15.9. The van der Waals surface area contributed by atoms with Crippen LogP contribution in [0, 0.1) is 0 Å². The second kappa shape index (κ2) is 11.3. The minimum absolute atomic E-state index is 0.0746. The number of rotatable bonds is 4. The van der Waals surface area contributed by atoms with Gasteiger partial charge in [-0.1, -0.05) is 44.2 Å². The Hall–Kier alpha value is -3.20. The smallest absolute Gasteiger partial charge is 0.335 e. The van der Waals surface area contributed by atoms with Gasteiger partial charge in [-0.05, 0) is 70.4 Å². The van der Waals surface area contributed by atoms with Gasteiger partial charge in [0.05, 0.1) is 10.8 Å². The second-order valence-corrected chi connectivity index (χ2v) is 10.4. The van der Waals surface area contributed by atoms with Gasteiger partial charge in [-0.25, -0.2) is 8.98 Å². The van der Waals surface area contributed by atoms with Crippen molar-refractivity contribution < 1.29 is 14.1 Å². The molecule has 1 aromatic carbocycles. The number of aromatic nitrogens is 1. The quantitative estimate of drug-likeness (QED) is 0.316. The van der Waals surface area contributed by atoms with Crippen molar-refractivity contribution in [2.45, 2.75) is 66.2 Å². The van der Waals surface area contributed by atoms with Crippen LogP contribution in [0.4, 0.5) is 0 Å². The molecule has 3 nitrogen and oxygen atoms in total. The van der Waals surface area contributed by atoms with E-state index in [1.54, 1.807) is 6.07 Å². The molecule has 0 aliphatic heterocycles. The van der Waals surface area contributed by atoms with Crippen LogP contribution in [0.1, 0.15) is 89.2 Å². The molecule has 2 heterocycles. The van der Waals surface area contributed by atoms with Crippen LogP contribution in [-0.4, -0.2) is 5.11 Å². The maximum Gasteiger partial charge on any atom is 0.335 e. The molecular formula is C31H41NO2+2. The summed E-state index contributed by atoms with van der Waals surface area (Å²) in [4.78, 5) is 0. The van der Waals surface area contributed by atoms with Crippen molar-refractivity contribution >= 4 is 24.3 Å². The van der Waals surface area contributed by atoms with Crippen LogP contribution >= 0.6 is 0 Å². The number of pyridine rings is 1. The van der Waals surface area contributed by atoms with Gasteiger partial charge in [-0.2, -0.15) is 0 Å². The Bertz CT molecular complexity index is 1110. The van der Waals surface area contributed by atoms with Crippen molar-refractivity contribution in [1.82, 2.24) is 0 Å². The normalized spacial score (nSPS) is 12.1. The fourth-order valence-electron chi connectivity index (χ4n) is 3.17. The zero-order valence-corrected chi connectivity index (χ0v) is 22.3. The lowest BCUT2D eigenvalue weighted by molar-refractivity contribution is -0.671. The molecule has 3 rings (SSSR count). The Kier molecular flexibility index (Phi) is 8.98. The minimum atomic E-state index is -0.0746. The number of aryl methyl sites for hydroxylation is 1. The summed E-state index contributed by atoms with van der Waals surface area (Å²) in [5.41, 5.74) is 3.85. The lowest BCUT2D eigenvalue weighted by Gasteiger charge is -2.14. The van der Waals surface area contributed by atoms with E-state index in [1.807, 2.05) is 74.3 Å². The van der Waals surface area contributed by atoms with Gasteiger partial charge in [0.1, 0.15) is 12.8 Å². The van der Waals surface area contributed by atoms with Crippen LogP contribution in [-0.2, 0) is 17.9 Å². The highest BCUT2D eigenvalue weighted by molar-refractivity contribution is 5.76. The number of phenols is 1. The third-order valence-corrected chi connectivity index (χ3v) is 5.27. The molecule has 34 heavy (non-hydrogen) atoms. The molecule has 0 unspecified atom stereocenters. The third kappa shape index (κ3) is 7.69. The highest BCUT2D eigenvalue weighted by Crippen LogP contribution is 2.31. The van der Waals surface area contributed by atoms with Gasteiger partial charge in [0.15, 0.2) is 12.4 Å². The van der Waals surface area contributed by atoms with E-state index in [-0.39, 0.29) is 16.6 Å². The molecule has 0 spiro atoms. The van der Waals surface area contributed by atoms with E-state index >= 15 is 0 Å². The summed E-state index contributed by atoms with van der Waals surface area (Å²) in [6, 6.07) is 14.0. The molecule has 0 aliphatic rings. The SMILES string of the molecule is CC.C[n+]1ccc(/C=C/c2cc(/C=C/c3cc(C(C)(C)C)[o+]c(C(C)(C)C)c3)ccc2O)cc1. The van der Waals surface area contributed by atoms with Crippen LogP contribution in [0.15, 0.2) is 59.3 Å². The van der Waals surface area contributed by atoms with Gasteiger partial charge in [-0.15, -0.1) is 0 Å². The molecule has 0 atom stereocenters. The number of hydrogen-bond donors (Lipinski definition) is 1. The van der Waals surface area contributed by atoms with E-state index in [1.165, 1.54) is 0 Å². The molecule has 0 aliphatic carbocycles. The van der Waals surface area contributed by atoms with E-state index in [4.69, 9.17) is 4.42 Å². The molecule has 0 radical (unpaired) electrons. The van der Waals surface area contributed by atoms with Crippen molar-refractivity contribution in [2.24, 2.45) is 7.05 Å². The zero-order valence-electron chi connectivity index (χ0n) is 22.3. The van der Waals surface area contributed by atoms with Crippen LogP contribution in [0.5, 0.6) is 5.75 Å². The molecule has 1 N–H and O–H groups in total. The van der Waals surface area contributed by atoms with Gasteiger partial charge < -0.3 is 5.11 Å². The van der Waals surface area contributed by atoms with Gasteiger partial charge >= 0.3 is 11.5 Å². The Labute approximate surface area is 206 Å². The van der Waals surface area contributed by atoms with E-state index < -0.39 is 0 Å². The van der Waals surface area contributed by atoms with Gasteiger partial charge in [-0.3, -0.25) is 0 Å². The topological polar surface area (TPSA) is 35.4 Å². The summed E-state index contributed by atoms with van der Waals surface area (Å²) >= 11 is 0. The molecule has 2 aromatic heterocycles. The largest absolute Gasteiger partial charge is 0.507 e. The Balaban J connectivity index is 0.00000199. The van der Waals surface area contributed by atoms with Crippen molar-refractivity contribution in [3.8, 4) is 5.75 Å². The molecule has 0 amide bonds. The van der Waals surface area contributed by atoms with E-state index in [0.29, 0.717) is 0 Å².